The second-order valence-electron chi connectivity index (χ2n) is 6.46. The van der Waals surface area contributed by atoms with Gasteiger partial charge in [0.05, 0.1) is 20.3 Å². The van der Waals surface area contributed by atoms with Crippen LogP contribution in [-0.4, -0.2) is 39.7 Å². The first kappa shape index (κ1) is 19.4. The van der Waals surface area contributed by atoms with E-state index in [1.165, 1.54) is 4.68 Å². The van der Waals surface area contributed by atoms with Crippen molar-refractivity contribution in [1.29, 1.82) is 0 Å². The third kappa shape index (κ3) is 4.07. The van der Waals surface area contributed by atoms with Gasteiger partial charge in [-0.05, 0) is 54.3 Å². The summed E-state index contributed by atoms with van der Waals surface area (Å²) in [6.07, 6.45) is 3.49. The Bertz CT molecular complexity index is 1170. The number of benzene rings is 2. The predicted octanol–water partition coefficient (Wildman–Crippen LogP) is 3.85. The van der Waals surface area contributed by atoms with Crippen LogP contribution in [0.15, 0.2) is 60.9 Å². The van der Waals surface area contributed by atoms with Crippen LogP contribution in [0.5, 0.6) is 17.4 Å². The van der Waals surface area contributed by atoms with Gasteiger partial charge in [0.1, 0.15) is 11.5 Å². The molecule has 4 rings (SSSR count). The maximum absolute atomic E-state index is 12.4. The number of rotatable bonds is 7. The molecule has 0 radical (unpaired) electrons. The SMILES string of the molecule is CCOC(=O)c1nnn(Cc2ccc(OC)cc2)c1Oc1ccc2cnccc2c1. The molecule has 0 bridgehead atoms. The van der Waals surface area contributed by atoms with Crippen LogP contribution < -0.4 is 9.47 Å². The Morgan fingerprint density at radius 3 is 2.60 bits per heavy atom. The number of methoxy groups -OCH3 is 1. The number of ether oxygens (including phenoxy) is 3. The molecule has 0 saturated heterocycles. The van der Waals surface area contributed by atoms with Crippen molar-refractivity contribution in [3.63, 3.8) is 0 Å². The van der Waals surface area contributed by atoms with Crippen molar-refractivity contribution >= 4 is 16.7 Å². The average Bonchev–Trinajstić information content (AvgIpc) is 3.16. The Morgan fingerprint density at radius 2 is 1.83 bits per heavy atom. The van der Waals surface area contributed by atoms with Gasteiger partial charge in [-0.1, -0.05) is 17.3 Å². The lowest BCUT2D eigenvalue weighted by Crippen LogP contribution is -2.09. The first-order valence-corrected chi connectivity index (χ1v) is 9.43. The molecule has 2 heterocycles. The number of fused-ring (bicyclic) bond motifs is 1. The Kier molecular flexibility index (Phi) is 5.56. The second kappa shape index (κ2) is 8.60. The molecule has 30 heavy (non-hydrogen) atoms. The molecule has 4 aromatic rings. The van der Waals surface area contributed by atoms with E-state index >= 15 is 0 Å². The molecule has 152 valence electrons. The van der Waals surface area contributed by atoms with Crippen molar-refractivity contribution in [1.82, 2.24) is 20.0 Å². The molecular weight excluding hydrogens is 384 g/mol. The Balaban J connectivity index is 1.68. The van der Waals surface area contributed by atoms with Gasteiger partial charge in [0.15, 0.2) is 0 Å². The minimum atomic E-state index is -0.585. The lowest BCUT2D eigenvalue weighted by molar-refractivity contribution is 0.0516. The van der Waals surface area contributed by atoms with Gasteiger partial charge in [0.2, 0.25) is 5.69 Å². The number of nitrogens with zero attached hydrogens (tertiary/aromatic N) is 4. The topological polar surface area (TPSA) is 88.4 Å². The molecule has 0 atom stereocenters. The Hall–Kier alpha value is -3.94. The molecule has 0 unspecified atom stereocenters. The largest absolute Gasteiger partial charge is 0.497 e. The van der Waals surface area contributed by atoms with Crippen LogP contribution in [0.2, 0.25) is 0 Å². The normalized spacial score (nSPS) is 10.7. The van der Waals surface area contributed by atoms with Crippen molar-refractivity contribution in [2.24, 2.45) is 0 Å². The first-order valence-electron chi connectivity index (χ1n) is 9.43. The summed E-state index contributed by atoms with van der Waals surface area (Å²) in [5, 5.41) is 10.1. The van der Waals surface area contributed by atoms with Crippen molar-refractivity contribution in [3.8, 4) is 17.4 Å². The maximum atomic E-state index is 12.4. The molecule has 0 aliphatic rings. The molecule has 8 heteroatoms. The summed E-state index contributed by atoms with van der Waals surface area (Å²) >= 11 is 0. The van der Waals surface area contributed by atoms with Gasteiger partial charge in [0.25, 0.3) is 5.88 Å². The minimum absolute atomic E-state index is 0.0280. The van der Waals surface area contributed by atoms with Crippen molar-refractivity contribution in [2.75, 3.05) is 13.7 Å². The number of esters is 1. The highest BCUT2D eigenvalue weighted by Gasteiger charge is 2.23. The van der Waals surface area contributed by atoms with Crippen LogP contribution in [0.3, 0.4) is 0 Å². The molecular formula is C22H20N4O4. The van der Waals surface area contributed by atoms with E-state index in [-0.39, 0.29) is 18.2 Å². The molecule has 0 saturated carbocycles. The second-order valence-corrected chi connectivity index (χ2v) is 6.46. The molecule has 2 aromatic heterocycles. The summed E-state index contributed by atoms with van der Waals surface area (Å²) in [5.41, 5.74) is 0.978. The van der Waals surface area contributed by atoms with E-state index in [9.17, 15) is 4.79 Å². The summed E-state index contributed by atoms with van der Waals surface area (Å²) in [5.74, 6) is 0.945. The zero-order chi connectivity index (χ0) is 20.9. The molecule has 0 fully saturated rings. The summed E-state index contributed by atoms with van der Waals surface area (Å²) in [7, 11) is 1.61. The van der Waals surface area contributed by atoms with Gasteiger partial charge in [-0.3, -0.25) is 4.98 Å². The third-order valence-electron chi connectivity index (χ3n) is 4.48. The number of carbonyl (C=O) groups excluding carboxylic acids is 1. The molecule has 0 aliphatic carbocycles. The summed E-state index contributed by atoms with van der Waals surface area (Å²) < 4.78 is 17.9. The zero-order valence-electron chi connectivity index (χ0n) is 16.6. The Labute approximate surface area is 173 Å². The van der Waals surface area contributed by atoms with Crippen LogP contribution in [-0.2, 0) is 11.3 Å². The van der Waals surface area contributed by atoms with E-state index in [1.54, 1.807) is 26.4 Å². The maximum Gasteiger partial charge on any atom is 0.364 e. The Morgan fingerprint density at radius 1 is 1.03 bits per heavy atom. The number of carbonyl (C=O) groups is 1. The fourth-order valence-corrected chi connectivity index (χ4v) is 2.98. The van der Waals surface area contributed by atoms with Crippen molar-refractivity contribution < 1.29 is 19.0 Å². The van der Waals surface area contributed by atoms with E-state index in [4.69, 9.17) is 14.2 Å². The minimum Gasteiger partial charge on any atom is -0.497 e. The number of hydrogen-bond donors (Lipinski definition) is 0. The molecule has 8 nitrogen and oxygen atoms in total. The highest BCUT2D eigenvalue weighted by molar-refractivity contribution is 5.90. The highest BCUT2D eigenvalue weighted by atomic mass is 16.5. The summed E-state index contributed by atoms with van der Waals surface area (Å²) in [6.45, 7) is 2.33. The zero-order valence-corrected chi connectivity index (χ0v) is 16.6. The third-order valence-corrected chi connectivity index (χ3v) is 4.48. The lowest BCUT2D eigenvalue weighted by Gasteiger charge is -2.11. The summed E-state index contributed by atoms with van der Waals surface area (Å²) in [6, 6.07) is 15.0. The van der Waals surface area contributed by atoms with Gasteiger partial charge < -0.3 is 14.2 Å². The molecule has 0 aliphatic heterocycles. The van der Waals surface area contributed by atoms with Gasteiger partial charge in [-0.25, -0.2) is 9.48 Å². The van der Waals surface area contributed by atoms with Crippen LogP contribution in [0, 0.1) is 0 Å². The van der Waals surface area contributed by atoms with E-state index in [1.807, 2.05) is 48.5 Å². The van der Waals surface area contributed by atoms with E-state index in [0.29, 0.717) is 12.3 Å². The number of pyridine rings is 1. The first-order chi connectivity index (χ1) is 14.7. The molecule has 0 spiro atoms. The van der Waals surface area contributed by atoms with Crippen molar-refractivity contribution in [3.05, 3.63) is 72.2 Å². The quantitative estimate of drug-likeness (QED) is 0.432. The van der Waals surface area contributed by atoms with Gasteiger partial charge in [0, 0.05) is 17.8 Å². The predicted molar refractivity (Wildman–Crippen MR) is 110 cm³/mol. The highest BCUT2D eigenvalue weighted by Crippen LogP contribution is 2.28. The molecule has 0 amide bonds. The van der Waals surface area contributed by atoms with E-state index in [0.717, 1.165) is 22.1 Å². The van der Waals surface area contributed by atoms with Crippen LogP contribution in [0.1, 0.15) is 23.0 Å². The molecule has 0 N–H and O–H groups in total. The smallest absolute Gasteiger partial charge is 0.364 e. The van der Waals surface area contributed by atoms with Crippen LogP contribution >= 0.6 is 0 Å². The fraction of sp³-hybridized carbons (Fsp3) is 0.182. The standard InChI is InChI=1S/C22H20N4O4/c1-3-29-22(27)20-21(30-19-9-6-17-13-23-11-10-16(17)12-19)26(25-24-20)14-15-4-7-18(28-2)8-5-15/h4-13H,3,14H2,1-2H3. The van der Waals surface area contributed by atoms with Crippen molar-refractivity contribution in [2.45, 2.75) is 13.5 Å². The van der Waals surface area contributed by atoms with E-state index in [2.05, 4.69) is 15.3 Å². The lowest BCUT2D eigenvalue weighted by atomic mass is 10.2. The number of hydrogen-bond acceptors (Lipinski definition) is 7. The average molecular weight is 404 g/mol. The number of aromatic nitrogens is 4. The summed E-state index contributed by atoms with van der Waals surface area (Å²) in [4.78, 5) is 16.5. The van der Waals surface area contributed by atoms with Crippen LogP contribution in [0.4, 0.5) is 0 Å². The van der Waals surface area contributed by atoms with Gasteiger partial charge >= 0.3 is 5.97 Å². The van der Waals surface area contributed by atoms with E-state index < -0.39 is 5.97 Å². The monoisotopic (exact) mass is 404 g/mol. The van der Waals surface area contributed by atoms with Gasteiger partial charge in [-0.2, -0.15) is 0 Å². The van der Waals surface area contributed by atoms with Crippen LogP contribution in [0.25, 0.3) is 10.8 Å². The van der Waals surface area contributed by atoms with Gasteiger partial charge in [-0.15, -0.1) is 5.10 Å². The molecule has 2 aromatic carbocycles. The fourth-order valence-electron chi connectivity index (χ4n) is 2.98.